The molecular formula is C17H27BrN2O. The monoisotopic (exact) mass is 354 g/mol. The number of nitrogens with one attached hydrogen (secondary N) is 1. The van der Waals surface area contributed by atoms with Gasteiger partial charge in [-0.05, 0) is 34.5 Å². The molecule has 1 amide bonds. The Balaban J connectivity index is 1.97. The summed E-state index contributed by atoms with van der Waals surface area (Å²) in [5.41, 5.74) is 0.763. The first-order chi connectivity index (χ1) is 10.2. The van der Waals surface area contributed by atoms with Gasteiger partial charge in [0.05, 0.1) is 11.9 Å². The molecule has 0 aliphatic carbocycles. The second-order valence-corrected chi connectivity index (χ2v) is 6.31. The summed E-state index contributed by atoms with van der Waals surface area (Å²) in [7, 11) is 0. The van der Waals surface area contributed by atoms with Gasteiger partial charge in [-0.1, -0.05) is 58.3 Å². The fourth-order valence-electron chi connectivity index (χ4n) is 2.27. The zero-order valence-electron chi connectivity index (χ0n) is 13.0. The Hall–Kier alpha value is -0.900. The molecule has 1 N–H and O–H groups in total. The molecule has 1 heterocycles. The van der Waals surface area contributed by atoms with Crippen LogP contribution >= 0.6 is 15.9 Å². The smallest absolute Gasteiger partial charge is 0.224 e. The molecule has 1 aromatic rings. The van der Waals surface area contributed by atoms with Crippen molar-refractivity contribution >= 4 is 27.5 Å². The highest BCUT2D eigenvalue weighted by molar-refractivity contribution is 9.10. The van der Waals surface area contributed by atoms with E-state index >= 15 is 0 Å². The number of aromatic nitrogens is 1. The average molecular weight is 355 g/mol. The average Bonchev–Trinajstić information content (AvgIpc) is 2.48. The van der Waals surface area contributed by atoms with Gasteiger partial charge in [0.15, 0.2) is 0 Å². The summed E-state index contributed by atoms with van der Waals surface area (Å²) in [5.74, 6) is 0.0852. The van der Waals surface area contributed by atoms with Gasteiger partial charge in [-0.3, -0.25) is 4.79 Å². The van der Waals surface area contributed by atoms with E-state index < -0.39 is 0 Å². The fourth-order valence-corrected chi connectivity index (χ4v) is 2.50. The molecule has 0 saturated carbocycles. The lowest BCUT2D eigenvalue weighted by Crippen LogP contribution is -2.11. The Bertz CT molecular complexity index is 392. The number of hydrogen-bond donors (Lipinski definition) is 1. The van der Waals surface area contributed by atoms with Crippen LogP contribution in [0.3, 0.4) is 0 Å². The highest BCUT2D eigenvalue weighted by Gasteiger charge is 2.02. The summed E-state index contributed by atoms with van der Waals surface area (Å²) >= 11 is 3.27. The van der Waals surface area contributed by atoms with Gasteiger partial charge < -0.3 is 5.32 Å². The molecule has 0 bridgehead atoms. The molecule has 0 atom stereocenters. The molecule has 0 saturated heterocycles. The minimum Gasteiger partial charge on any atom is -0.325 e. The van der Waals surface area contributed by atoms with Gasteiger partial charge in [-0.25, -0.2) is 4.98 Å². The van der Waals surface area contributed by atoms with Crippen molar-refractivity contribution < 1.29 is 4.79 Å². The number of anilines is 1. The summed E-state index contributed by atoms with van der Waals surface area (Å²) in [4.78, 5) is 15.8. The maximum absolute atomic E-state index is 11.8. The standard InChI is InChI=1S/C17H27BrN2O/c1-2-3-4-5-6-7-8-9-10-11-17(21)20-15-12-13-16(18)19-14-15/h12-14H,2-11H2,1H3,(H,20,21). The minimum atomic E-state index is 0.0852. The Morgan fingerprint density at radius 3 is 2.24 bits per heavy atom. The molecule has 0 aliphatic rings. The Kier molecular flexibility index (Phi) is 10.1. The Labute approximate surface area is 137 Å². The van der Waals surface area contributed by atoms with Crippen LogP contribution in [0, 0.1) is 0 Å². The number of pyridine rings is 1. The van der Waals surface area contributed by atoms with Crippen molar-refractivity contribution in [1.82, 2.24) is 4.98 Å². The van der Waals surface area contributed by atoms with Crippen LogP contribution < -0.4 is 5.32 Å². The number of carbonyl (C=O) groups excluding carboxylic acids is 1. The van der Waals surface area contributed by atoms with Gasteiger partial charge in [-0.15, -0.1) is 0 Å². The SMILES string of the molecule is CCCCCCCCCCCC(=O)Nc1ccc(Br)nc1. The summed E-state index contributed by atoms with van der Waals surface area (Å²) in [6, 6.07) is 3.68. The minimum absolute atomic E-state index is 0.0852. The van der Waals surface area contributed by atoms with E-state index in [1.807, 2.05) is 12.1 Å². The van der Waals surface area contributed by atoms with E-state index in [0.29, 0.717) is 6.42 Å². The van der Waals surface area contributed by atoms with Crippen LogP contribution in [0.25, 0.3) is 0 Å². The van der Waals surface area contributed by atoms with Crippen molar-refractivity contribution in [1.29, 1.82) is 0 Å². The van der Waals surface area contributed by atoms with E-state index in [0.717, 1.165) is 23.1 Å². The second-order valence-electron chi connectivity index (χ2n) is 5.50. The molecule has 0 radical (unpaired) electrons. The number of nitrogens with zero attached hydrogens (tertiary/aromatic N) is 1. The summed E-state index contributed by atoms with van der Waals surface area (Å²) in [6.07, 6.45) is 13.7. The van der Waals surface area contributed by atoms with Gasteiger partial charge in [0.1, 0.15) is 4.60 Å². The van der Waals surface area contributed by atoms with E-state index in [-0.39, 0.29) is 5.91 Å². The topological polar surface area (TPSA) is 42.0 Å². The maximum atomic E-state index is 11.8. The van der Waals surface area contributed by atoms with Crippen molar-refractivity contribution in [2.24, 2.45) is 0 Å². The van der Waals surface area contributed by atoms with E-state index in [1.165, 1.54) is 44.9 Å². The zero-order chi connectivity index (χ0) is 15.3. The third-order valence-electron chi connectivity index (χ3n) is 3.52. The third kappa shape index (κ3) is 9.62. The van der Waals surface area contributed by atoms with Gasteiger partial charge in [0.2, 0.25) is 5.91 Å². The molecule has 4 heteroatoms. The lowest BCUT2D eigenvalue weighted by Gasteiger charge is -2.05. The van der Waals surface area contributed by atoms with Crippen LogP contribution in [0.15, 0.2) is 22.9 Å². The van der Waals surface area contributed by atoms with Crippen molar-refractivity contribution in [3.63, 3.8) is 0 Å². The molecular weight excluding hydrogens is 328 g/mol. The third-order valence-corrected chi connectivity index (χ3v) is 3.99. The number of carbonyl (C=O) groups is 1. The highest BCUT2D eigenvalue weighted by Crippen LogP contribution is 2.13. The molecule has 3 nitrogen and oxygen atoms in total. The number of unbranched alkanes of at least 4 members (excludes halogenated alkanes) is 8. The van der Waals surface area contributed by atoms with Crippen molar-refractivity contribution in [2.45, 2.75) is 71.1 Å². The van der Waals surface area contributed by atoms with E-state index in [9.17, 15) is 4.79 Å². The van der Waals surface area contributed by atoms with Crippen LogP contribution in [0.2, 0.25) is 0 Å². The highest BCUT2D eigenvalue weighted by atomic mass is 79.9. The molecule has 0 aliphatic heterocycles. The summed E-state index contributed by atoms with van der Waals surface area (Å²) in [6.45, 7) is 2.25. The number of amides is 1. The Morgan fingerprint density at radius 2 is 1.67 bits per heavy atom. The maximum Gasteiger partial charge on any atom is 0.224 e. The van der Waals surface area contributed by atoms with E-state index in [4.69, 9.17) is 0 Å². The van der Waals surface area contributed by atoms with Crippen molar-refractivity contribution in [3.8, 4) is 0 Å². The fraction of sp³-hybridized carbons (Fsp3) is 0.647. The Morgan fingerprint density at radius 1 is 1.05 bits per heavy atom. The largest absolute Gasteiger partial charge is 0.325 e. The normalized spacial score (nSPS) is 10.6. The van der Waals surface area contributed by atoms with Crippen molar-refractivity contribution in [3.05, 3.63) is 22.9 Å². The van der Waals surface area contributed by atoms with E-state index in [2.05, 4.69) is 33.2 Å². The molecule has 0 spiro atoms. The number of halogens is 1. The summed E-state index contributed by atoms with van der Waals surface area (Å²) in [5, 5.41) is 2.87. The molecule has 21 heavy (non-hydrogen) atoms. The predicted molar refractivity (Wildman–Crippen MR) is 92.4 cm³/mol. The van der Waals surface area contributed by atoms with Crippen LogP contribution in [0.4, 0.5) is 5.69 Å². The quantitative estimate of drug-likeness (QED) is 0.408. The van der Waals surface area contributed by atoms with Gasteiger partial charge in [-0.2, -0.15) is 0 Å². The first-order valence-corrected chi connectivity index (χ1v) is 8.93. The molecule has 0 unspecified atom stereocenters. The molecule has 1 aromatic heterocycles. The van der Waals surface area contributed by atoms with Crippen LogP contribution in [0.5, 0.6) is 0 Å². The van der Waals surface area contributed by atoms with Gasteiger partial charge in [0.25, 0.3) is 0 Å². The molecule has 0 fully saturated rings. The lowest BCUT2D eigenvalue weighted by molar-refractivity contribution is -0.116. The second kappa shape index (κ2) is 11.7. The number of hydrogen-bond acceptors (Lipinski definition) is 2. The zero-order valence-corrected chi connectivity index (χ0v) is 14.6. The van der Waals surface area contributed by atoms with Crippen LogP contribution in [-0.4, -0.2) is 10.9 Å². The first kappa shape index (κ1) is 18.1. The van der Waals surface area contributed by atoms with E-state index in [1.54, 1.807) is 6.20 Å². The number of rotatable bonds is 11. The van der Waals surface area contributed by atoms with Crippen LogP contribution in [-0.2, 0) is 4.79 Å². The van der Waals surface area contributed by atoms with Gasteiger partial charge >= 0.3 is 0 Å². The molecule has 0 aromatic carbocycles. The lowest BCUT2D eigenvalue weighted by atomic mass is 10.1. The van der Waals surface area contributed by atoms with Crippen LogP contribution in [0.1, 0.15) is 71.1 Å². The summed E-state index contributed by atoms with van der Waals surface area (Å²) < 4.78 is 0.777. The predicted octanol–water partition coefficient (Wildman–Crippen LogP) is 5.70. The molecule has 1 rings (SSSR count). The molecule has 118 valence electrons. The van der Waals surface area contributed by atoms with Gasteiger partial charge in [0, 0.05) is 6.42 Å². The first-order valence-electron chi connectivity index (χ1n) is 8.13. The van der Waals surface area contributed by atoms with Crippen molar-refractivity contribution in [2.75, 3.05) is 5.32 Å².